The maximum atomic E-state index is 8.63. The number of benzene rings is 1. The van der Waals surface area contributed by atoms with Crippen LogP contribution in [0.5, 0.6) is 5.75 Å². The van der Waals surface area contributed by atoms with Crippen molar-refractivity contribution < 1.29 is 43.5 Å². The lowest BCUT2D eigenvalue weighted by Crippen LogP contribution is -2.33. The largest absolute Gasteiger partial charge is 0.668 e. The summed E-state index contributed by atoms with van der Waals surface area (Å²) < 4.78 is 0. The molecule has 0 aliphatic rings. The average molecular weight is 286 g/mol. The van der Waals surface area contributed by atoms with Crippen molar-refractivity contribution in [1.82, 2.24) is 0 Å². The quantitative estimate of drug-likeness (QED) is 0.216. The molecule has 0 atom stereocenters. The highest BCUT2D eigenvalue weighted by Crippen LogP contribution is 2.02. The Morgan fingerprint density at radius 2 is 0.824 bits per heavy atom. The third kappa shape index (κ3) is 51.3. The average Bonchev–Trinajstić information content (AvgIpc) is 1.98. The first-order valence-electron chi connectivity index (χ1n) is 3.92. The van der Waals surface area contributed by atoms with Gasteiger partial charge < -0.3 is 43.5 Å². The molecule has 17 heavy (non-hydrogen) atoms. The molecule has 1 aromatic rings. The van der Waals surface area contributed by atoms with Crippen molar-refractivity contribution >= 4 is 18.1 Å². The van der Waals surface area contributed by atoms with Gasteiger partial charge in [0.25, 0.3) is 0 Å². The first-order chi connectivity index (χ1) is 7.39. The predicted octanol–water partition coefficient (Wildman–Crippen LogP) is -3.83. The summed E-state index contributed by atoms with van der Waals surface area (Å²) in [6, 6.07) is 8.71. The lowest BCUT2D eigenvalue weighted by atomic mass is 10.3. The molecule has 0 amide bonds. The van der Waals surface area contributed by atoms with Crippen LogP contribution in [-0.4, -0.2) is 61.6 Å². The molecule has 0 fully saturated rings. The molecule has 0 bridgehead atoms. The van der Waals surface area contributed by atoms with Crippen LogP contribution in [0.4, 0.5) is 0 Å². The summed E-state index contributed by atoms with van der Waals surface area (Å²) in [4.78, 5) is 58.6. The van der Waals surface area contributed by atoms with Crippen molar-refractivity contribution in [1.29, 1.82) is 0 Å². The maximum absolute atomic E-state index is 8.63. The summed E-state index contributed by atoms with van der Waals surface area (Å²) in [5.41, 5.74) is 0. The van der Waals surface area contributed by atoms with Gasteiger partial charge in [-0.15, -0.1) is 0 Å². The van der Waals surface area contributed by atoms with Crippen LogP contribution in [0.3, 0.4) is 0 Å². The maximum Gasteiger partial charge on any atom is 0.668 e. The smallest absolute Gasteiger partial charge is 0.508 e. The second kappa shape index (κ2) is 8.26. The van der Waals surface area contributed by atoms with Crippen LogP contribution in [0.1, 0.15) is 0 Å². The molecule has 0 saturated carbocycles. The highest BCUT2D eigenvalue weighted by atomic mass is 28.4. The summed E-state index contributed by atoms with van der Waals surface area (Å²) in [6.07, 6.45) is 0. The zero-order valence-corrected chi connectivity index (χ0v) is 10.4. The van der Waals surface area contributed by atoms with Crippen molar-refractivity contribution in [3.8, 4) is 5.75 Å². The number of rotatable bonds is 0. The fourth-order valence-corrected chi connectivity index (χ4v) is 0.428. The lowest BCUT2D eigenvalue weighted by Gasteiger charge is -1.91. The van der Waals surface area contributed by atoms with Crippen LogP contribution >= 0.6 is 0 Å². The number of hydrogen-bond donors (Lipinski definition) is 9. The Bertz CT molecular complexity index is 256. The summed E-state index contributed by atoms with van der Waals surface area (Å²) in [6.45, 7) is 0. The van der Waals surface area contributed by atoms with Gasteiger partial charge in [0, 0.05) is 0 Å². The predicted molar refractivity (Wildman–Crippen MR) is 57.4 cm³/mol. The Morgan fingerprint density at radius 3 is 0.941 bits per heavy atom. The number of aromatic hydroxyl groups is 1. The number of phenolic OH excluding ortho intramolecular Hbond substituents is 1. The fraction of sp³-hybridized carbons (Fsp3) is 0. The van der Waals surface area contributed by atoms with Gasteiger partial charge in [0.15, 0.2) is 0 Å². The zero-order valence-electron chi connectivity index (χ0n) is 8.41. The molecule has 0 radical (unpaired) electrons. The molecule has 11 heteroatoms. The van der Waals surface area contributed by atoms with Crippen molar-refractivity contribution in [2.24, 2.45) is 0 Å². The SMILES string of the molecule is O[Si](O)(O)O.O[Si](O)(O)O.Oc1ccccc1. The number of para-hydroxylation sites is 1. The molecule has 0 aromatic heterocycles. The molecule has 0 saturated heterocycles. The Labute approximate surface area is 98.3 Å². The van der Waals surface area contributed by atoms with Gasteiger partial charge in [0.1, 0.15) is 5.75 Å². The van der Waals surface area contributed by atoms with Gasteiger partial charge in [-0.25, -0.2) is 0 Å². The van der Waals surface area contributed by atoms with Gasteiger partial charge in [-0.05, 0) is 12.1 Å². The van der Waals surface area contributed by atoms with Crippen LogP contribution in [0, 0.1) is 0 Å². The van der Waals surface area contributed by atoms with E-state index in [9.17, 15) is 0 Å². The first kappa shape index (κ1) is 18.5. The second-order valence-corrected chi connectivity index (χ2v) is 4.94. The molecule has 9 N–H and O–H groups in total. The van der Waals surface area contributed by atoms with E-state index in [-0.39, 0.29) is 0 Å². The third-order valence-corrected chi connectivity index (χ3v) is 0.756. The molecule has 100 valence electrons. The van der Waals surface area contributed by atoms with Crippen molar-refractivity contribution in [3.63, 3.8) is 0 Å². The lowest BCUT2D eigenvalue weighted by molar-refractivity contribution is 0.115. The Morgan fingerprint density at radius 1 is 0.588 bits per heavy atom. The molecule has 9 nitrogen and oxygen atoms in total. The van der Waals surface area contributed by atoms with Gasteiger partial charge in [-0.2, -0.15) is 0 Å². The zero-order chi connectivity index (χ0) is 14.1. The monoisotopic (exact) mass is 286 g/mol. The van der Waals surface area contributed by atoms with Crippen molar-refractivity contribution in [3.05, 3.63) is 30.3 Å². The summed E-state index contributed by atoms with van der Waals surface area (Å²) >= 11 is 0. The standard InChI is InChI=1S/C6H6O.2H4O4Si/c7-6-4-2-1-3-5-6;2*1-5(2,3)4/h1-5,7H;2*1-4H. The van der Waals surface area contributed by atoms with Crippen LogP contribution in [-0.2, 0) is 0 Å². The van der Waals surface area contributed by atoms with E-state index in [2.05, 4.69) is 0 Å². The minimum absolute atomic E-state index is 0.322. The minimum Gasteiger partial charge on any atom is -0.508 e. The van der Waals surface area contributed by atoms with Gasteiger partial charge >= 0.3 is 18.1 Å². The van der Waals surface area contributed by atoms with E-state index in [1.807, 2.05) is 6.07 Å². The summed E-state index contributed by atoms with van der Waals surface area (Å²) in [5, 5.41) is 8.63. The summed E-state index contributed by atoms with van der Waals surface area (Å²) in [5.74, 6) is 0.322. The van der Waals surface area contributed by atoms with Crippen molar-refractivity contribution in [2.45, 2.75) is 0 Å². The van der Waals surface area contributed by atoms with E-state index in [0.29, 0.717) is 5.75 Å². The normalized spacial score (nSPS) is 10.6. The molecule has 0 spiro atoms. The van der Waals surface area contributed by atoms with Gasteiger partial charge in [-0.3, -0.25) is 0 Å². The van der Waals surface area contributed by atoms with E-state index < -0.39 is 18.1 Å². The molecule has 0 heterocycles. The van der Waals surface area contributed by atoms with Gasteiger partial charge in [0.05, 0.1) is 0 Å². The Hall–Kier alpha value is -0.866. The molecule has 0 unspecified atom stereocenters. The van der Waals surface area contributed by atoms with E-state index >= 15 is 0 Å². The van der Waals surface area contributed by atoms with Gasteiger partial charge in [0.2, 0.25) is 0 Å². The summed E-state index contributed by atoms with van der Waals surface area (Å²) in [7, 11) is -9.22. The molecule has 0 aliphatic heterocycles. The third-order valence-electron chi connectivity index (χ3n) is 0.756. The van der Waals surface area contributed by atoms with E-state index in [0.717, 1.165) is 0 Å². The Kier molecular flexibility index (Phi) is 8.99. The van der Waals surface area contributed by atoms with Crippen LogP contribution in [0.2, 0.25) is 0 Å². The molecule has 1 aromatic carbocycles. The number of hydrogen-bond acceptors (Lipinski definition) is 9. The van der Waals surface area contributed by atoms with E-state index in [1.165, 1.54) is 0 Å². The fourth-order valence-electron chi connectivity index (χ4n) is 0.428. The number of phenols is 1. The molecule has 1 rings (SSSR count). The van der Waals surface area contributed by atoms with Crippen LogP contribution in [0.25, 0.3) is 0 Å². The molecular formula is C6H14O9Si2. The van der Waals surface area contributed by atoms with Crippen molar-refractivity contribution in [2.75, 3.05) is 0 Å². The van der Waals surface area contributed by atoms with E-state index in [4.69, 9.17) is 43.5 Å². The Balaban J connectivity index is 0. The van der Waals surface area contributed by atoms with Gasteiger partial charge in [-0.1, -0.05) is 18.2 Å². The molecule has 0 aliphatic carbocycles. The van der Waals surface area contributed by atoms with Crippen LogP contribution in [0.15, 0.2) is 30.3 Å². The second-order valence-electron chi connectivity index (χ2n) is 2.54. The van der Waals surface area contributed by atoms with E-state index in [1.54, 1.807) is 24.3 Å². The topological polar surface area (TPSA) is 182 Å². The van der Waals surface area contributed by atoms with Crippen LogP contribution < -0.4 is 0 Å². The highest BCUT2D eigenvalue weighted by Gasteiger charge is 2.22. The molecular weight excluding hydrogens is 272 g/mol. The minimum atomic E-state index is -4.61. The first-order valence-corrected chi connectivity index (χ1v) is 7.50. The highest BCUT2D eigenvalue weighted by molar-refractivity contribution is 6.47.